The topological polar surface area (TPSA) is 69.6 Å². The van der Waals surface area contributed by atoms with Gasteiger partial charge in [0.25, 0.3) is 5.91 Å². The zero-order chi connectivity index (χ0) is 17.6. The van der Waals surface area contributed by atoms with Crippen molar-refractivity contribution in [1.82, 2.24) is 4.90 Å². The van der Waals surface area contributed by atoms with Crippen molar-refractivity contribution in [3.63, 3.8) is 0 Å². The molecule has 2 aliphatic rings. The maximum Gasteiger partial charge on any atom is 0.306 e. The van der Waals surface area contributed by atoms with Crippen LogP contribution in [0.3, 0.4) is 0 Å². The maximum atomic E-state index is 12.6. The minimum absolute atomic E-state index is 0.00247. The summed E-state index contributed by atoms with van der Waals surface area (Å²) < 4.78 is 0. The molecule has 0 radical (unpaired) electrons. The number of carbonyl (C=O) groups excluding carboxylic acids is 1. The molecule has 1 saturated carbocycles. The number of benzene rings is 1. The van der Waals surface area contributed by atoms with Gasteiger partial charge in [-0.15, -0.1) is 0 Å². The molecular formula is C20H28N2O3. The number of likely N-dealkylation sites (tertiary alicyclic amines) is 1. The summed E-state index contributed by atoms with van der Waals surface area (Å²) >= 11 is 0. The number of piperidine rings is 1. The molecule has 25 heavy (non-hydrogen) atoms. The second kappa shape index (κ2) is 8.37. The van der Waals surface area contributed by atoms with Crippen molar-refractivity contribution in [3.8, 4) is 0 Å². The highest BCUT2D eigenvalue weighted by molar-refractivity contribution is 5.94. The largest absolute Gasteiger partial charge is 0.481 e. The molecule has 1 aliphatic carbocycles. The van der Waals surface area contributed by atoms with E-state index in [1.165, 1.54) is 32.1 Å². The minimum Gasteiger partial charge on any atom is -0.481 e. The van der Waals surface area contributed by atoms with Crippen molar-refractivity contribution >= 4 is 17.6 Å². The molecule has 5 heteroatoms. The number of carbonyl (C=O) groups is 2. The number of nitrogens with one attached hydrogen (secondary N) is 1. The van der Waals surface area contributed by atoms with Gasteiger partial charge in [0.15, 0.2) is 0 Å². The Labute approximate surface area is 149 Å². The number of hydrogen-bond acceptors (Lipinski definition) is 3. The summed E-state index contributed by atoms with van der Waals surface area (Å²) in [6.07, 6.45) is 7.78. The zero-order valence-corrected chi connectivity index (χ0v) is 14.7. The summed E-state index contributed by atoms with van der Waals surface area (Å²) in [5.74, 6) is -0.288. The highest BCUT2D eigenvalue weighted by Crippen LogP contribution is 2.24. The van der Waals surface area contributed by atoms with Crippen molar-refractivity contribution in [2.45, 2.75) is 44.9 Å². The number of rotatable bonds is 5. The monoisotopic (exact) mass is 344 g/mol. The number of carboxylic acid groups (broad SMARTS) is 1. The van der Waals surface area contributed by atoms with Crippen molar-refractivity contribution in [3.05, 3.63) is 29.8 Å². The fraction of sp³-hybridized carbons (Fsp3) is 0.600. The third-order valence-corrected chi connectivity index (χ3v) is 5.58. The molecule has 1 amide bonds. The van der Waals surface area contributed by atoms with Crippen LogP contribution < -0.4 is 5.32 Å². The standard InChI is InChI=1S/C20H28N2O3/c23-19(22-12-10-17(11-13-22)20(24)25)16-6-8-18(9-7-16)21-14-15-4-2-1-3-5-15/h6-9,15,17,21H,1-5,10-14H2,(H,24,25). The van der Waals surface area contributed by atoms with Gasteiger partial charge in [-0.25, -0.2) is 0 Å². The van der Waals surface area contributed by atoms with E-state index in [1.54, 1.807) is 4.90 Å². The van der Waals surface area contributed by atoms with Gasteiger partial charge in [-0.2, -0.15) is 0 Å². The fourth-order valence-electron chi connectivity index (χ4n) is 3.90. The average molecular weight is 344 g/mol. The van der Waals surface area contributed by atoms with Crippen LogP contribution in [0.1, 0.15) is 55.3 Å². The second-order valence-electron chi connectivity index (χ2n) is 7.37. The van der Waals surface area contributed by atoms with E-state index in [2.05, 4.69) is 5.32 Å². The van der Waals surface area contributed by atoms with Gasteiger partial charge in [-0.05, 0) is 55.9 Å². The summed E-state index contributed by atoms with van der Waals surface area (Å²) in [6, 6.07) is 7.68. The SMILES string of the molecule is O=C(O)C1CCN(C(=O)c2ccc(NCC3CCCCC3)cc2)CC1. The Morgan fingerprint density at radius 1 is 1.00 bits per heavy atom. The van der Waals surface area contributed by atoms with E-state index in [0.29, 0.717) is 31.5 Å². The van der Waals surface area contributed by atoms with Crippen LogP contribution >= 0.6 is 0 Å². The van der Waals surface area contributed by atoms with E-state index in [1.807, 2.05) is 24.3 Å². The summed E-state index contributed by atoms with van der Waals surface area (Å²) in [6.45, 7) is 2.06. The Hall–Kier alpha value is -2.04. The van der Waals surface area contributed by atoms with Gasteiger partial charge in [0, 0.05) is 30.9 Å². The number of amides is 1. The normalized spacial score (nSPS) is 19.6. The molecule has 0 aromatic heterocycles. The molecule has 1 aliphatic heterocycles. The number of hydrogen-bond donors (Lipinski definition) is 2. The summed E-state index contributed by atoms with van der Waals surface area (Å²) in [5.41, 5.74) is 1.74. The van der Waals surface area contributed by atoms with Crippen LogP contribution in [0.4, 0.5) is 5.69 Å². The second-order valence-corrected chi connectivity index (χ2v) is 7.37. The molecule has 2 fully saturated rings. The predicted octanol–water partition coefficient (Wildman–Crippen LogP) is 3.62. The third-order valence-electron chi connectivity index (χ3n) is 5.58. The lowest BCUT2D eigenvalue weighted by molar-refractivity contribution is -0.143. The van der Waals surface area contributed by atoms with Crippen molar-refractivity contribution < 1.29 is 14.7 Å². The molecule has 3 rings (SSSR count). The summed E-state index contributed by atoms with van der Waals surface area (Å²) in [7, 11) is 0. The first-order valence-electron chi connectivity index (χ1n) is 9.49. The van der Waals surface area contributed by atoms with E-state index in [4.69, 9.17) is 5.11 Å². The number of carboxylic acids is 1. The van der Waals surface area contributed by atoms with Crippen LogP contribution in [0.2, 0.25) is 0 Å². The molecular weight excluding hydrogens is 316 g/mol. The van der Waals surface area contributed by atoms with Crippen LogP contribution in [0.25, 0.3) is 0 Å². The van der Waals surface area contributed by atoms with Crippen LogP contribution in [-0.4, -0.2) is 41.5 Å². The lowest BCUT2D eigenvalue weighted by atomic mass is 9.89. The number of aliphatic carboxylic acids is 1. The van der Waals surface area contributed by atoms with E-state index in [0.717, 1.165) is 18.2 Å². The highest BCUT2D eigenvalue weighted by atomic mass is 16.4. The zero-order valence-electron chi connectivity index (χ0n) is 14.7. The van der Waals surface area contributed by atoms with E-state index in [9.17, 15) is 9.59 Å². The Kier molecular flexibility index (Phi) is 5.95. The van der Waals surface area contributed by atoms with Gasteiger partial charge >= 0.3 is 5.97 Å². The molecule has 5 nitrogen and oxygen atoms in total. The predicted molar refractivity (Wildman–Crippen MR) is 97.8 cm³/mol. The average Bonchev–Trinajstić information content (AvgIpc) is 2.67. The molecule has 2 N–H and O–H groups in total. The van der Waals surface area contributed by atoms with Crippen molar-refractivity contribution in [2.75, 3.05) is 25.0 Å². The first-order valence-corrected chi connectivity index (χ1v) is 9.49. The van der Waals surface area contributed by atoms with Gasteiger partial charge in [-0.1, -0.05) is 19.3 Å². The van der Waals surface area contributed by atoms with Crippen LogP contribution in [0, 0.1) is 11.8 Å². The number of nitrogens with zero attached hydrogens (tertiary/aromatic N) is 1. The maximum absolute atomic E-state index is 12.6. The highest BCUT2D eigenvalue weighted by Gasteiger charge is 2.27. The van der Waals surface area contributed by atoms with E-state index in [-0.39, 0.29) is 11.8 Å². The molecule has 0 bridgehead atoms. The molecule has 0 atom stereocenters. The Morgan fingerprint density at radius 3 is 2.24 bits per heavy atom. The molecule has 1 saturated heterocycles. The first kappa shape index (κ1) is 17.8. The van der Waals surface area contributed by atoms with Gasteiger partial charge < -0.3 is 15.3 Å². The Morgan fingerprint density at radius 2 is 1.64 bits per heavy atom. The fourth-order valence-corrected chi connectivity index (χ4v) is 3.90. The van der Waals surface area contributed by atoms with Gasteiger partial charge in [-0.3, -0.25) is 9.59 Å². The first-order chi connectivity index (χ1) is 12.1. The lowest BCUT2D eigenvalue weighted by Gasteiger charge is -2.30. The molecule has 136 valence electrons. The molecule has 0 spiro atoms. The smallest absolute Gasteiger partial charge is 0.306 e. The summed E-state index contributed by atoms with van der Waals surface area (Å²) in [5, 5.41) is 12.5. The van der Waals surface area contributed by atoms with Gasteiger partial charge in [0.1, 0.15) is 0 Å². The Balaban J connectivity index is 1.49. The molecule has 1 aromatic carbocycles. The number of anilines is 1. The lowest BCUT2D eigenvalue weighted by Crippen LogP contribution is -2.40. The van der Waals surface area contributed by atoms with E-state index < -0.39 is 5.97 Å². The third kappa shape index (κ3) is 4.74. The molecule has 1 aromatic rings. The van der Waals surface area contributed by atoms with Crippen LogP contribution in [-0.2, 0) is 4.79 Å². The van der Waals surface area contributed by atoms with Gasteiger partial charge in [0.2, 0.25) is 0 Å². The van der Waals surface area contributed by atoms with Crippen LogP contribution in [0.5, 0.6) is 0 Å². The quantitative estimate of drug-likeness (QED) is 0.856. The minimum atomic E-state index is -0.750. The van der Waals surface area contributed by atoms with Gasteiger partial charge in [0.05, 0.1) is 5.92 Å². The molecule has 1 heterocycles. The van der Waals surface area contributed by atoms with Crippen LogP contribution in [0.15, 0.2) is 24.3 Å². The van der Waals surface area contributed by atoms with Crippen molar-refractivity contribution in [1.29, 1.82) is 0 Å². The van der Waals surface area contributed by atoms with Crippen molar-refractivity contribution in [2.24, 2.45) is 11.8 Å². The summed E-state index contributed by atoms with van der Waals surface area (Å²) in [4.78, 5) is 25.3. The Bertz CT molecular complexity index is 585. The molecule has 0 unspecified atom stereocenters. The van der Waals surface area contributed by atoms with E-state index >= 15 is 0 Å².